The third-order valence-electron chi connectivity index (χ3n) is 4.48. The van der Waals surface area contributed by atoms with E-state index in [0.717, 1.165) is 10.8 Å². The highest BCUT2D eigenvalue weighted by Gasteiger charge is 2.22. The monoisotopic (exact) mass is 391 g/mol. The lowest BCUT2D eigenvalue weighted by Crippen LogP contribution is -2.30. The Morgan fingerprint density at radius 2 is 1.62 bits per heavy atom. The Bertz CT molecular complexity index is 1090. The van der Waals surface area contributed by atoms with Crippen molar-refractivity contribution in [2.45, 2.75) is 20.0 Å². The van der Waals surface area contributed by atoms with E-state index in [1.54, 1.807) is 36.4 Å². The van der Waals surface area contributed by atoms with Crippen molar-refractivity contribution in [3.63, 3.8) is 0 Å². The third kappa shape index (κ3) is 4.60. The summed E-state index contributed by atoms with van der Waals surface area (Å²) in [5.74, 6) is -0.897. The van der Waals surface area contributed by atoms with Crippen LogP contribution in [0.1, 0.15) is 34.6 Å². The SMILES string of the molecule is COc1cc2ccccc2cc1C(=O)O[C@@H](C)C(=O)Nc1cccc(C(C)=O)c1. The van der Waals surface area contributed by atoms with Crippen LogP contribution in [0, 0.1) is 0 Å². The van der Waals surface area contributed by atoms with Crippen molar-refractivity contribution in [1.82, 2.24) is 0 Å². The van der Waals surface area contributed by atoms with Gasteiger partial charge in [0.2, 0.25) is 0 Å². The maximum Gasteiger partial charge on any atom is 0.342 e. The van der Waals surface area contributed by atoms with Crippen LogP contribution in [0.25, 0.3) is 10.8 Å². The minimum atomic E-state index is -1.04. The maximum absolute atomic E-state index is 12.7. The number of hydrogen-bond donors (Lipinski definition) is 1. The first-order valence-electron chi connectivity index (χ1n) is 9.08. The molecule has 3 rings (SSSR count). The maximum atomic E-state index is 12.7. The normalized spacial score (nSPS) is 11.6. The van der Waals surface area contributed by atoms with Gasteiger partial charge in [0, 0.05) is 11.3 Å². The average Bonchev–Trinajstić information content (AvgIpc) is 2.72. The molecule has 148 valence electrons. The standard InChI is InChI=1S/C23H21NO5/c1-14(25)16-9-6-10-19(11-16)24-22(26)15(2)29-23(27)20-12-17-7-4-5-8-18(17)13-21(20)28-3/h4-13,15H,1-3H3,(H,24,26)/t15-/m0/s1. The number of nitrogens with one attached hydrogen (secondary N) is 1. The Morgan fingerprint density at radius 3 is 2.28 bits per heavy atom. The van der Waals surface area contributed by atoms with Crippen LogP contribution in [-0.4, -0.2) is 30.9 Å². The summed E-state index contributed by atoms with van der Waals surface area (Å²) < 4.78 is 10.7. The highest BCUT2D eigenvalue weighted by atomic mass is 16.5. The Balaban J connectivity index is 1.74. The van der Waals surface area contributed by atoms with Crippen molar-refractivity contribution in [2.75, 3.05) is 12.4 Å². The van der Waals surface area contributed by atoms with E-state index in [1.807, 2.05) is 24.3 Å². The fourth-order valence-electron chi connectivity index (χ4n) is 2.89. The summed E-state index contributed by atoms with van der Waals surface area (Å²) in [5, 5.41) is 4.44. The zero-order chi connectivity index (χ0) is 21.0. The predicted molar refractivity (Wildman–Crippen MR) is 110 cm³/mol. The van der Waals surface area contributed by atoms with Gasteiger partial charge in [-0.3, -0.25) is 9.59 Å². The van der Waals surface area contributed by atoms with Crippen LogP contribution in [0.2, 0.25) is 0 Å². The molecule has 0 bridgehead atoms. The molecular formula is C23H21NO5. The molecule has 6 heteroatoms. The predicted octanol–water partition coefficient (Wildman–Crippen LogP) is 4.24. The number of amides is 1. The van der Waals surface area contributed by atoms with Crippen molar-refractivity contribution >= 4 is 34.1 Å². The lowest BCUT2D eigenvalue weighted by Gasteiger charge is -2.15. The van der Waals surface area contributed by atoms with Crippen molar-refractivity contribution in [1.29, 1.82) is 0 Å². The van der Waals surface area contributed by atoms with Gasteiger partial charge in [-0.25, -0.2) is 4.79 Å². The highest BCUT2D eigenvalue weighted by molar-refractivity contribution is 6.02. The first kappa shape index (κ1) is 20.1. The number of rotatable bonds is 6. The molecular weight excluding hydrogens is 370 g/mol. The van der Waals surface area contributed by atoms with Gasteiger partial charge in [0.25, 0.3) is 5.91 Å². The number of hydrogen-bond acceptors (Lipinski definition) is 5. The van der Waals surface area contributed by atoms with Crippen LogP contribution in [0.4, 0.5) is 5.69 Å². The molecule has 1 N–H and O–H groups in total. The van der Waals surface area contributed by atoms with Crippen LogP contribution in [0.3, 0.4) is 0 Å². The summed E-state index contributed by atoms with van der Waals surface area (Å²) in [6.07, 6.45) is -1.04. The van der Waals surface area contributed by atoms with Crippen molar-refractivity contribution in [3.05, 3.63) is 71.8 Å². The molecule has 1 atom stereocenters. The third-order valence-corrected chi connectivity index (χ3v) is 4.48. The van der Waals surface area contributed by atoms with Gasteiger partial charge >= 0.3 is 5.97 Å². The number of anilines is 1. The van der Waals surface area contributed by atoms with Crippen LogP contribution < -0.4 is 10.1 Å². The zero-order valence-electron chi connectivity index (χ0n) is 16.4. The van der Waals surface area contributed by atoms with Gasteiger partial charge in [-0.1, -0.05) is 36.4 Å². The molecule has 0 unspecified atom stereocenters. The van der Waals surface area contributed by atoms with Crippen LogP contribution >= 0.6 is 0 Å². The molecule has 0 heterocycles. The molecule has 0 aliphatic heterocycles. The minimum Gasteiger partial charge on any atom is -0.496 e. The van der Waals surface area contributed by atoms with E-state index >= 15 is 0 Å². The molecule has 1 amide bonds. The fraction of sp³-hybridized carbons (Fsp3) is 0.174. The smallest absolute Gasteiger partial charge is 0.342 e. The first-order valence-corrected chi connectivity index (χ1v) is 9.08. The number of esters is 1. The zero-order valence-corrected chi connectivity index (χ0v) is 16.4. The first-order chi connectivity index (χ1) is 13.9. The number of ketones is 1. The lowest BCUT2D eigenvalue weighted by molar-refractivity contribution is -0.123. The van der Waals surface area contributed by atoms with E-state index in [9.17, 15) is 14.4 Å². The average molecular weight is 391 g/mol. The molecule has 3 aromatic rings. The molecule has 0 spiro atoms. The molecule has 3 aromatic carbocycles. The lowest BCUT2D eigenvalue weighted by atomic mass is 10.1. The summed E-state index contributed by atoms with van der Waals surface area (Å²) in [6, 6.07) is 17.6. The van der Waals surface area contributed by atoms with Gasteiger partial charge in [0.15, 0.2) is 11.9 Å². The minimum absolute atomic E-state index is 0.107. The van der Waals surface area contributed by atoms with E-state index in [1.165, 1.54) is 21.0 Å². The molecule has 0 radical (unpaired) electrons. The highest BCUT2D eigenvalue weighted by Crippen LogP contribution is 2.27. The van der Waals surface area contributed by atoms with Gasteiger partial charge in [-0.2, -0.15) is 0 Å². The molecule has 0 fully saturated rings. The second kappa shape index (κ2) is 8.56. The molecule has 0 aromatic heterocycles. The summed E-state index contributed by atoms with van der Waals surface area (Å²) in [7, 11) is 1.47. The number of carbonyl (C=O) groups excluding carboxylic acids is 3. The Kier molecular flexibility index (Phi) is 5.93. The number of Topliss-reactive ketones (excluding diaryl/α,β-unsaturated/α-hetero) is 1. The van der Waals surface area contributed by atoms with Crippen molar-refractivity contribution in [2.24, 2.45) is 0 Å². The molecule has 29 heavy (non-hydrogen) atoms. The van der Waals surface area contributed by atoms with Gasteiger partial charge in [-0.05, 0) is 48.9 Å². The molecule has 0 saturated heterocycles. The van der Waals surface area contributed by atoms with E-state index in [2.05, 4.69) is 5.32 Å². The van der Waals surface area contributed by atoms with E-state index in [-0.39, 0.29) is 11.3 Å². The van der Waals surface area contributed by atoms with Gasteiger partial charge < -0.3 is 14.8 Å². The fourth-order valence-corrected chi connectivity index (χ4v) is 2.89. The second-order valence-electron chi connectivity index (χ2n) is 6.57. The summed E-state index contributed by atoms with van der Waals surface area (Å²) in [6.45, 7) is 2.93. The van der Waals surface area contributed by atoms with E-state index < -0.39 is 18.0 Å². The van der Waals surface area contributed by atoms with Crippen LogP contribution in [0.5, 0.6) is 5.75 Å². The van der Waals surface area contributed by atoms with Gasteiger partial charge in [0.05, 0.1) is 7.11 Å². The molecule has 0 aliphatic carbocycles. The summed E-state index contributed by atoms with van der Waals surface area (Å²) in [5.41, 5.74) is 1.17. The Morgan fingerprint density at radius 1 is 0.931 bits per heavy atom. The number of fused-ring (bicyclic) bond motifs is 1. The Labute approximate surface area is 168 Å². The largest absolute Gasteiger partial charge is 0.496 e. The van der Waals surface area contributed by atoms with Crippen molar-refractivity contribution in [3.8, 4) is 5.75 Å². The van der Waals surface area contributed by atoms with E-state index in [0.29, 0.717) is 17.0 Å². The Hall–Kier alpha value is -3.67. The molecule has 0 saturated carbocycles. The molecule has 0 aliphatic rings. The van der Waals surface area contributed by atoms with Crippen LogP contribution in [0.15, 0.2) is 60.7 Å². The number of methoxy groups -OCH3 is 1. The second-order valence-corrected chi connectivity index (χ2v) is 6.57. The van der Waals surface area contributed by atoms with Crippen LogP contribution in [-0.2, 0) is 9.53 Å². The molecule has 6 nitrogen and oxygen atoms in total. The quantitative estimate of drug-likeness (QED) is 0.502. The topological polar surface area (TPSA) is 81.7 Å². The number of ether oxygens (including phenoxy) is 2. The van der Waals surface area contributed by atoms with Gasteiger partial charge in [-0.15, -0.1) is 0 Å². The number of benzene rings is 3. The van der Waals surface area contributed by atoms with Crippen molar-refractivity contribution < 1.29 is 23.9 Å². The summed E-state index contributed by atoms with van der Waals surface area (Å²) in [4.78, 5) is 36.6. The van der Waals surface area contributed by atoms with E-state index in [4.69, 9.17) is 9.47 Å². The number of carbonyl (C=O) groups is 3. The van der Waals surface area contributed by atoms with Gasteiger partial charge in [0.1, 0.15) is 11.3 Å². The summed E-state index contributed by atoms with van der Waals surface area (Å²) >= 11 is 0.